The minimum atomic E-state index is -0.713. The number of piperidine rings is 1. The highest BCUT2D eigenvalue weighted by Crippen LogP contribution is 2.33. The van der Waals surface area contributed by atoms with Gasteiger partial charge in [-0.05, 0) is 54.4 Å². The first-order valence-electron chi connectivity index (χ1n) is 13.0. The molecule has 38 heavy (non-hydrogen) atoms. The highest BCUT2D eigenvalue weighted by molar-refractivity contribution is 6.35. The molecule has 0 bridgehead atoms. The Bertz CT molecular complexity index is 1430. The van der Waals surface area contributed by atoms with Gasteiger partial charge in [0.2, 0.25) is 5.91 Å². The molecule has 10 nitrogen and oxygen atoms in total. The number of halogens is 1. The van der Waals surface area contributed by atoms with Crippen molar-refractivity contribution in [3.63, 3.8) is 0 Å². The van der Waals surface area contributed by atoms with Gasteiger partial charge in [-0.3, -0.25) is 14.7 Å². The number of H-pyrrole nitrogens is 2. The number of nitrogens with one attached hydrogen (secondary N) is 3. The van der Waals surface area contributed by atoms with E-state index in [-0.39, 0.29) is 28.8 Å². The number of hydrogen-bond donors (Lipinski definition) is 3. The van der Waals surface area contributed by atoms with Crippen molar-refractivity contribution in [3.05, 3.63) is 56.1 Å². The highest BCUT2D eigenvalue weighted by Gasteiger charge is 2.35. The third-order valence-electron chi connectivity index (χ3n) is 7.42. The molecular formula is C27H34ClN7O3. The van der Waals surface area contributed by atoms with Crippen LogP contribution in [-0.2, 0) is 17.8 Å². The Balaban J connectivity index is 1.35. The van der Waals surface area contributed by atoms with Gasteiger partial charge in [-0.1, -0.05) is 32.4 Å². The molecule has 202 valence electrons. The second-order valence-corrected chi connectivity index (χ2v) is 12.1. The maximum atomic E-state index is 13.8. The lowest BCUT2D eigenvalue weighted by atomic mass is 9.90. The Kier molecular flexibility index (Phi) is 6.94. The number of aromatic nitrogens is 4. The third kappa shape index (κ3) is 5.27. The van der Waals surface area contributed by atoms with Gasteiger partial charge < -0.3 is 15.1 Å². The molecule has 11 heteroatoms. The molecule has 0 saturated carbocycles. The van der Waals surface area contributed by atoms with Crippen LogP contribution >= 0.6 is 11.6 Å². The summed E-state index contributed by atoms with van der Waals surface area (Å²) in [6, 6.07) is 2.72. The summed E-state index contributed by atoms with van der Waals surface area (Å²) in [6.07, 6.45) is 3.44. The Hall–Kier alpha value is -3.40. The van der Waals surface area contributed by atoms with E-state index < -0.39 is 6.04 Å². The number of nitrogens with zero attached hydrogens (tertiary/aromatic N) is 4. The van der Waals surface area contributed by atoms with E-state index in [9.17, 15) is 14.4 Å². The highest BCUT2D eigenvalue weighted by atomic mass is 35.5. The van der Waals surface area contributed by atoms with E-state index >= 15 is 0 Å². The van der Waals surface area contributed by atoms with Gasteiger partial charge in [-0.2, -0.15) is 10.2 Å². The second kappa shape index (κ2) is 10.1. The quantitative estimate of drug-likeness (QED) is 0.469. The summed E-state index contributed by atoms with van der Waals surface area (Å²) in [4.78, 5) is 43.0. The number of carbonyl (C=O) groups excluding carboxylic acids is 2. The SMILES string of the molecule is Cc1cc(C2CCN(C(=O)N[C@@H]3Cc4cc(Cl)c5[nH]ncc5c4CN(CC(C)(C)C)C3=O)CC2)c(=O)[nH]n1. The van der Waals surface area contributed by atoms with Gasteiger partial charge in [0.1, 0.15) is 6.04 Å². The standard InChI is InChI=1S/C27H34ClN7O3/c1-15-9-18(24(36)33-31-15)16-5-7-34(8-6-16)26(38)30-22-11-17-10-21(28)23-19(12-29-32-23)20(17)13-35(25(22)37)14-27(2,3)4/h9-10,12,16,22H,5-8,11,13-14H2,1-4H3,(H,29,32)(H,30,38)(H,33,36)/t22-/m1/s1. The van der Waals surface area contributed by atoms with E-state index in [1.165, 1.54) is 0 Å². The summed E-state index contributed by atoms with van der Waals surface area (Å²) in [6.45, 7) is 10.1. The van der Waals surface area contributed by atoms with E-state index in [1.807, 2.05) is 24.0 Å². The van der Waals surface area contributed by atoms with Crippen LogP contribution in [0.15, 0.2) is 23.1 Å². The molecular weight excluding hydrogens is 506 g/mol. The van der Waals surface area contributed by atoms with Gasteiger partial charge in [0.25, 0.3) is 5.56 Å². The maximum absolute atomic E-state index is 13.8. The van der Waals surface area contributed by atoms with Gasteiger partial charge in [0.15, 0.2) is 0 Å². The van der Waals surface area contributed by atoms with Crippen LogP contribution in [0.4, 0.5) is 4.79 Å². The summed E-state index contributed by atoms with van der Waals surface area (Å²) in [5.74, 6) is -0.0383. The normalized spacial score (nSPS) is 19.0. The lowest BCUT2D eigenvalue weighted by molar-refractivity contribution is -0.134. The van der Waals surface area contributed by atoms with E-state index in [0.717, 1.165) is 27.7 Å². The zero-order valence-corrected chi connectivity index (χ0v) is 23.0. The van der Waals surface area contributed by atoms with Crippen LogP contribution in [-0.4, -0.2) is 67.8 Å². The number of aryl methyl sites for hydroxylation is 1. The maximum Gasteiger partial charge on any atom is 0.318 e. The number of benzene rings is 1. The van der Waals surface area contributed by atoms with E-state index in [2.05, 4.69) is 46.5 Å². The number of rotatable bonds is 3. The molecule has 3 N–H and O–H groups in total. The van der Waals surface area contributed by atoms with Crippen LogP contribution in [0, 0.1) is 12.3 Å². The molecule has 4 heterocycles. The van der Waals surface area contributed by atoms with Crippen LogP contribution < -0.4 is 10.9 Å². The molecule has 2 aromatic heterocycles. The average molecular weight is 540 g/mol. The summed E-state index contributed by atoms with van der Waals surface area (Å²) < 4.78 is 0. The fraction of sp³-hybridized carbons (Fsp3) is 0.519. The van der Waals surface area contributed by atoms with Crippen molar-refractivity contribution in [2.45, 2.75) is 65.5 Å². The van der Waals surface area contributed by atoms with Crippen molar-refractivity contribution in [3.8, 4) is 0 Å². The fourth-order valence-corrected chi connectivity index (χ4v) is 5.91. The largest absolute Gasteiger partial charge is 0.336 e. The number of hydrogen-bond acceptors (Lipinski definition) is 5. The molecule has 0 aliphatic carbocycles. The molecule has 5 rings (SSSR count). The van der Waals surface area contributed by atoms with E-state index in [1.54, 1.807) is 11.1 Å². The molecule has 1 atom stereocenters. The van der Waals surface area contributed by atoms with Gasteiger partial charge in [-0.25, -0.2) is 9.89 Å². The zero-order chi connectivity index (χ0) is 27.2. The first kappa shape index (κ1) is 26.2. The number of carbonyl (C=O) groups is 2. The predicted molar refractivity (Wildman–Crippen MR) is 145 cm³/mol. The first-order chi connectivity index (χ1) is 18.0. The number of amides is 3. The zero-order valence-electron chi connectivity index (χ0n) is 22.2. The fourth-order valence-electron chi connectivity index (χ4n) is 5.63. The van der Waals surface area contributed by atoms with Crippen LogP contribution in [0.5, 0.6) is 0 Å². The number of urea groups is 1. The minimum absolute atomic E-state index is 0.0673. The molecule has 2 aliphatic rings. The van der Waals surface area contributed by atoms with Gasteiger partial charge >= 0.3 is 6.03 Å². The van der Waals surface area contributed by atoms with E-state index in [0.29, 0.717) is 56.0 Å². The molecule has 3 amide bonds. The molecule has 1 fully saturated rings. The lowest BCUT2D eigenvalue weighted by Crippen LogP contribution is -2.54. The molecule has 1 saturated heterocycles. The molecule has 3 aromatic rings. The summed E-state index contributed by atoms with van der Waals surface area (Å²) in [5, 5.41) is 18.1. The number of fused-ring (bicyclic) bond motifs is 3. The van der Waals surface area contributed by atoms with Gasteiger partial charge in [0.05, 0.1) is 22.4 Å². The topological polar surface area (TPSA) is 127 Å². The van der Waals surface area contributed by atoms with Gasteiger partial charge in [-0.15, -0.1) is 0 Å². The summed E-state index contributed by atoms with van der Waals surface area (Å²) in [7, 11) is 0. The van der Waals surface area contributed by atoms with Crippen LogP contribution in [0.1, 0.15) is 61.9 Å². The number of likely N-dealkylation sites (tertiary alicyclic amines) is 1. The molecule has 2 aliphatic heterocycles. The number of aromatic amines is 2. The van der Waals surface area contributed by atoms with Crippen molar-refractivity contribution in [1.29, 1.82) is 0 Å². The van der Waals surface area contributed by atoms with Crippen LogP contribution in [0.25, 0.3) is 10.9 Å². The average Bonchev–Trinajstić information content (AvgIpc) is 3.32. The Morgan fingerprint density at radius 3 is 2.63 bits per heavy atom. The molecule has 1 aromatic carbocycles. The summed E-state index contributed by atoms with van der Waals surface area (Å²) >= 11 is 6.53. The van der Waals surface area contributed by atoms with Crippen molar-refractivity contribution in [2.75, 3.05) is 19.6 Å². The first-order valence-corrected chi connectivity index (χ1v) is 13.4. The van der Waals surface area contributed by atoms with Crippen LogP contribution in [0.2, 0.25) is 5.02 Å². The lowest BCUT2D eigenvalue weighted by Gasteiger charge is -2.34. The minimum Gasteiger partial charge on any atom is -0.336 e. The van der Waals surface area contributed by atoms with Crippen molar-refractivity contribution < 1.29 is 9.59 Å². The Morgan fingerprint density at radius 1 is 1.18 bits per heavy atom. The van der Waals surface area contributed by atoms with Crippen LogP contribution in [0.3, 0.4) is 0 Å². The summed E-state index contributed by atoms with van der Waals surface area (Å²) in [5.41, 5.74) is 3.87. The van der Waals surface area contributed by atoms with Crippen molar-refractivity contribution in [1.82, 2.24) is 35.5 Å². The second-order valence-electron chi connectivity index (χ2n) is 11.7. The Morgan fingerprint density at radius 2 is 1.92 bits per heavy atom. The monoisotopic (exact) mass is 539 g/mol. The Labute approximate surface area is 226 Å². The van der Waals surface area contributed by atoms with Crippen molar-refractivity contribution in [2.24, 2.45) is 5.41 Å². The van der Waals surface area contributed by atoms with Gasteiger partial charge in [0, 0.05) is 43.5 Å². The molecule has 0 unspecified atom stereocenters. The molecule has 0 radical (unpaired) electrons. The third-order valence-corrected chi connectivity index (χ3v) is 7.72. The van der Waals surface area contributed by atoms with E-state index in [4.69, 9.17) is 11.6 Å². The van der Waals surface area contributed by atoms with Crippen molar-refractivity contribution >= 4 is 34.4 Å². The predicted octanol–water partition coefficient (Wildman–Crippen LogP) is 3.50. The smallest absolute Gasteiger partial charge is 0.318 e. The molecule has 0 spiro atoms.